The van der Waals surface area contributed by atoms with Crippen molar-refractivity contribution in [1.82, 2.24) is 0 Å². The van der Waals surface area contributed by atoms with Gasteiger partial charge in [-0.1, -0.05) is 19.9 Å². The molecule has 0 aliphatic rings. The number of methoxy groups -OCH3 is 2. The van der Waals surface area contributed by atoms with Gasteiger partial charge in [-0.05, 0) is 24.5 Å². The van der Waals surface area contributed by atoms with Gasteiger partial charge in [-0.2, -0.15) is 0 Å². The first kappa shape index (κ1) is 12.8. The number of hydrogen-bond acceptors (Lipinski definition) is 3. The quantitative estimate of drug-likeness (QED) is 0.834. The van der Waals surface area contributed by atoms with E-state index in [1.165, 1.54) is 0 Å². The Hall–Kier alpha value is -1.22. The third-order valence-electron chi connectivity index (χ3n) is 2.56. The molecule has 1 aromatic carbocycles. The second kappa shape index (κ2) is 5.75. The zero-order chi connectivity index (χ0) is 12.1. The summed E-state index contributed by atoms with van der Waals surface area (Å²) in [6, 6.07) is 5.69. The van der Waals surface area contributed by atoms with Crippen LogP contribution in [0, 0.1) is 5.92 Å². The van der Waals surface area contributed by atoms with Crippen molar-refractivity contribution in [3.8, 4) is 11.5 Å². The van der Waals surface area contributed by atoms with Crippen molar-refractivity contribution in [3.63, 3.8) is 0 Å². The number of benzene rings is 1. The number of hydrogen-bond donors (Lipinski definition) is 1. The van der Waals surface area contributed by atoms with Gasteiger partial charge in [0.2, 0.25) is 0 Å². The van der Waals surface area contributed by atoms with Crippen molar-refractivity contribution in [2.24, 2.45) is 11.7 Å². The van der Waals surface area contributed by atoms with Crippen LogP contribution in [0.15, 0.2) is 18.2 Å². The lowest BCUT2D eigenvalue weighted by atomic mass is 9.96. The van der Waals surface area contributed by atoms with E-state index < -0.39 is 0 Å². The molecule has 0 aliphatic heterocycles. The average molecular weight is 223 g/mol. The second-order valence-electron chi connectivity index (χ2n) is 4.31. The molecule has 3 heteroatoms. The summed E-state index contributed by atoms with van der Waals surface area (Å²) in [7, 11) is 3.31. The van der Waals surface area contributed by atoms with Gasteiger partial charge in [0.05, 0.1) is 19.8 Å². The molecule has 0 amide bonds. The fourth-order valence-corrected chi connectivity index (χ4v) is 1.87. The molecule has 16 heavy (non-hydrogen) atoms. The summed E-state index contributed by atoms with van der Waals surface area (Å²) in [5.74, 6) is 2.14. The number of rotatable bonds is 5. The molecule has 2 N–H and O–H groups in total. The number of nitrogens with two attached hydrogens (primary N) is 1. The Morgan fingerprint density at radius 1 is 1.12 bits per heavy atom. The summed E-state index contributed by atoms with van der Waals surface area (Å²) in [5, 5.41) is 0. The molecule has 1 atom stereocenters. The van der Waals surface area contributed by atoms with Crippen LogP contribution in [-0.2, 0) is 0 Å². The van der Waals surface area contributed by atoms with Gasteiger partial charge in [-0.15, -0.1) is 0 Å². The highest BCUT2D eigenvalue weighted by molar-refractivity contribution is 5.46. The van der Waals surface area contributed by atoms with Crippen LogP contribution in [0.3, 0.4) is 0 Å². The van der Waals surface area contributed by atoms with Gasteiger partial charge >= 0.3 is 0 Å². The molecule has 1 rings (SSSR count). The predicted octanol–water partition coefficient (Wildman–Crippen LogP) is 2.75. The molecule has 1 aromatic rings. The molecule has 0 saturated heterocycles. The summed E-state index contributed by atoms with van der Waals surface area (Å²) in [5.41, 5.74) is 7.15. The highest BCUT2D eigenvalue weighted by Gasteiger charge is 2.18. The average Bonchev–Trinajstić information content (AvgIpc) is 2.26. The van der Waals surface area contributed by atoms with Gasteiger partial charge in [0, 0.05) is 6.04 Å². The highest BCUT2D eigenvalue weighted by atomic mass is 16.5. The molecular weight excluding hydrogens is 202 g/mol. The van der Waals surface area contributed by atoms with E-state index in [4.69, 9.17) is 15.2 Å². The van der Waals surface area contributed by atoms with E-state index in [0.29, 0.717) is 5.92 Å². The maximum Gasteiger partial charge on any atom is 0.127 e. The van der Waals surface area contributed by atoms with Gasteiger partial charge in [0.15, 0.2) is 0 Å². The van der Waals surface area contributed by atoms with Crippen molar-refractivity contribution in [2.75, 3.05) is 14.2 Å². The first-order valence-electron chi connectivity index (χ1n) is 5.56. The smallest absolute Gasteiger partial charge is 0.127 e. The number of ether oxygens (including phenoxy) is 2. The van der Waals surface area contributed by atoms with Gasteiger partial charge < -0.3 is 15.2 Å². The van der Waals surface area contributed by atoms with Gasteiger partial charge in [0.1, 0.15) is 11.5 Å². The Bertz CT molecular complexity index is 314. The van der Waals surface area contributed by atoms with Crippen LogP contribution in [0.4, 0.5) is 0 Å². The largest absolute Gasteiger partial charge is 0.496 e. The van der Waals surface area contributed by atoms with Crippen molar-refractivity contribution in [3.05, 3.63) is 23.8 Å². The molecule has 0 aliphatic carbocycles. The summed E-state index contributed by atoms with van der Waals surface area (Å²) in [4.78, 5) is 0. The summed E-state index contributed by atoms with van der Waals surface area (Å²) in [6.07, 6.45) is 0.913. The van der Waals surface area contributed by atoms with Gasteiger partial charge in [-0.25, -0.2) is 0 Å². The van der Waals surface area contributed by atoms with Crippen molar-refractivity contribution >= 4 is 0 Å². The molecule has 0 spiro atoms. The third-order valence-corrected chi connectivity index (χ3v) is 2.56. The van der Waals surface area contributed by atoms with Crippen molar-refractivity contribution in [1.29, 1.82) is 0 Å². The maximum absolute atomic E-state index is 6.19. The second-order valence-corrected chi connectivity index (χ2v) is 4.31. The molecule has 0 heterocycles. The van der Waals surface area contributed by atoms with E-state index in [2.05, 4.69) is 13.8 Å². The first-order chi connectivity index (χ1) is 7.60. The topological polar surface area (TPSA) is 44.5 Å². The fraction of sp³-hybridized carbons (Fsp3) is 0.538. The van der Waals surface area contributed by atoms with E-state index in [1.54, 1.807) is 14.2 Å². The van der Waals surface area contributed by atoms with E-state index in [9.17, 15) is 0 Å². The van der Waals surface area contributed by atoms with Crippen LogP contribution in [0.5, 0.6) is 11.5 Å². The zero-order valence-corrected chi connectivity index (χ0v) is 10.5. The monoisotopic (exact) mass is 223 g/mol. The first-order valence-corrected chi connectivity index (χ1v) is 5.56. The van der Waals surface area contributed by atoms with Crippen LogP contribution in [0.25, 0.3) is 0 Å². The Morgan fingerprint density at radius 2 is 1.62 bits per heavy atom. The third kappa shape index (κ3) is 2.89. The SMILES string of the molecule is COc1cccc(OC)c1[C@H](N)CC(C)C. The minimum atomic E-state index is -0.0499. The van der Waals surface area contributed by atoms with Gasteiger partial charge in [-0.3, -0.25) is 0 Å². The molecular formula is C13H21NO2. The Labute approximate surface area is 97.6 Å². The Balaban J connectivity index is 3.07. The lowest BCUT2D eigenvalue weighted by Gasteiger charge is -2.20. The summed E-state index contributed by atoms with van der Waals surface area (Å²) >= 11 is 0. The standard InChI is InChI=1S/C13H21NO2/c1-9(2)8-10(14)13-11(15-3)6-5-7-12(13)16-4/h5-7,9-10H,8,14H2,1-4H3/t10-/m1/s1. The fourth-order valence-electron chi connectivity index (χ4n) is 1.87. The molecule has 0 aromatic heterocycles. The van der Waals surface area contributed by atoms with Crippen molar-refractivity contribution < 1.29 is 9.47 Å². The van der Waals surface area contributed by atoms with E-state index in [0.717, 1.165) is 23.5 Å². The summed E-state index contributed by atoms with van der Waals surface area (Å²) < 4.78 is 10.7. The Kier molecular flexibility index (Phi) is 4.62. The molecule has 0 unspecified atom stereocenters. The van der Waals surface area contributed by atoms with Crippen molar-refractivity contribution in [2.45, 2.75) is 26.3 Å². The van der Waals surface area contributed by atoms with Crippen LogP contribution < -0.4 is 15.2 Å². The Morgan fingerprint density at radius 3 is 2.00 bits per heavy atom. The van der Waals surface area contributed by atoms with E-state index >= 15 is 0 Å². The normalized spacial score (nSPS) is 12.6. The predicted molar refractivity (Wildman–Crippen MR) is 65.9 cm³/mol. The molecule has 0 saturated carbocycles. The van der Waals surface area contributed by atoms with Crippen LogP contribution in [-0.4, -0.2) is 14.2 Å². The van der Waals surface area contributed by atoms with E-state index in [1.807, 2.05) is 18.2 Å². The van der Waals surface area contributed by atoms with Crippen LogP contribution >= 0.6 is 0 Å². The minimum Gasteiger partial charge on any atom is -0.496 e. The molecule has 0 radical (unpaired) electrons. The van der Waals surface area contributed by atoms with Gasteiger partial charge in [0.25, 0.3) is 0 Å². The summed E-state index contributed by atoms with van der Waals surface area (Å²) in [6.45, 7) is 4.31. The highest BCUT2D eigenvalue weighted by Crippen LogP contribution is 2.35. The van der Waals surface area contributed by atoms with Crippen LogP contribution in [0.2, 0.25) is 0 Å². The lowest BCUT2D eigenvalue weighted by Crippen LogP contribution is -2.15. The molecule has 3 nitrogen and oxygen atoms in total. The molecule has 0 bridgehead atoms. The maximum atomic E-state index is 6.19. The zero-order valence-electron chi connectivity index (χ0n) is 10.5. The molecule has 0 fully saturated rings. The van der Waals surface area contributed by atoms with E-state index in [-0.39, 0.29) is 6.04 Å². The van der Waals surface area contributed by atoms with Crippen LogP contribution in [0.1, 0.15) is 31.9 Å². The minimum absolute atomic E-state index is 0.0499. The molecule has 90 valence electrons. The lowest BCUT2D eigenvalue weighted by molar-refractivity contribution is 0.371.